The summed E-state index contributed by atoms with van der Waals surface area (Å²) in [6.07, 6.45) is 3.97. The van der Waals surface area contributed by atoms with Gasteiger partial charge in [-0.05, 0) is 60.2 Å². The molecule has 206 valence electrons. The van der Waals surface area contributed by atoms with Gasteiger partial charge >= 0.3 is 0 Å². The van der Waals surface area contributed by atoms with E-state index in [2.05, 4.69) is 10.3 Å². The van der Waals surface area contributed by atoms with Crippen molar-refractivity contribution in [3.8, 4) is 5.75 Å². The van der Waals surface area contributed by atoms with Crippen LogP contribution in [0.1, 0.15) is 72.7 Å². The fraction of sp³-hybridized carbons (Fsp3) is 0.433. The number of hydrogen-bond acceptors (Lipinski definition) is 6. The maximum Gasteiger partial charge on any atom is 0.273 e. The predicted molar refractivity (Wildman–Crippen MR) is 142 cm³/mol. The molecule has 1 saturated heterocycles. The normalized spacial score (nSPS) is 19.0. The maximum absolute atomic E-state index is 14.3. The zero-order valence-corrected chi connectivity index (χ0v) is 22.5. The number of nitrogens with zero attached hydrogens (tertiary/aromatic N) is 2. The Morgan fingerprint density at radius 3 is 2.79 bits per heavy atom. The largest absolute Gasteiger partial charge is 0.484 e. The molecule has 1 N–H and O–H groups in total. The van der Waals surface area contributed by atoms with E-state index in [4.69, 9.17) is 13.9 Å². The number of halogens is 1. The second-order valence-electron chi connectivity index (χ2n) is 11.1. The summed E-state index contributed by atoms with van der Waals surface area (Å²) in [5, 5.41) is 2.82. The number of carbonyl (C=O) groups is 2. The molecule has 8 nitrogen and oxygen atoms in total. The van der Waals surface area contributed by atoms with Crippen LogP contribution in [0.15, 0.2) is 53.1 Å². The van der Waals surface area contributed by atoms with E-state index in [1.54, 1.807) is 6.07 Å². The van der Waals surface area contributed by atoms with Gasteiger partial charge in [-0.3, -0.25) is 9.59 Å². The molecule has 2 amide bonds. The average molecular weight is 536 g/mol. The van der Waals surface area contributed by atoms with Crippen LogP contribution in [0.3, 0.4) is 0 Å². The first-order valence-electron chi connectivity index (χ1n) is 13.4. The summed E-state index contributed by atoms with van der Waals surface area (Å²) in [4.78, 5) is 31.9. The van der Waals surface area contributed by atoms with Gasteiger partial charge in [0.15, 0.2) is 12.3 Å². The van der Waals surface area contributed by atoms with Gasteiger partial charge in [0.2, 0.25) is 11.8 Å². The summed E-state index contributed by atoms with van der Waals surface area (Å²) in [6, 6.07) is 11.7. The average Bonchev–Trinajstić information content (AvgIpc) is 3.61. The molecule has 0 unspecified atom stereocenters. The molecule has 0 aliphatic carbocycles. The molecule has 2 aliphatic rings. The monoisotopic (exact) mass is 535 g/mol. The number of oxazole rings is 1. The van der Waals surface area contributed by atoms with Gasteiger partial charge in [-0.1, -0.05) is 39.0 Å². The number of amides is 2. The molecule has 39 heavy (non-hydrogen) atoms. The Labute approximate surface area is 227 Å². The van der Waals surface area contributed by atoms with Crippen molar-refractivity contribution in [1.82, 2.24) is 15.2 Å². The number of ether oxygens (including phenoxy) is 2. The quantitative estimate of drug-likeness (QED) is 0.466. The number of fused-ring (bicyclic) bond motifs is 1. The fourth-order valence-electron chi connectivity index (χ4n) is 5.10. The van der Waals surface area contributed by atoms with Gasteiger partial charge in [-0.2, -0.15) is 0 Å². The van der Waals surface area contributed by atoms with Crippen molar-refractivity contribution >= 4 is 11.8 Å². The van der Waals surface area contributed by atoms with Crippen LogP contribution in [0.2, 0.25) is 0 Å². The predicted octanol–water partition coefficient (Wildman–Crippen LogP) is 4.82. The van der Waals surface area contributed by atoms with Crippen LogP contribution < -0.4 is 10.1 Å². The van der Waals surface area contributed by atoms with Crippen LogP contribution >= 0.6 is 0 Å². The summed E-state index contributed by atoms with van der Waals surface area (Å²) < 4.78 is 31.2. The molecule has 3 aromatic rings. The van der Waals surface area contributed by atoms with Crippen LogP contribution in [0.4, 0.5) is 4.39 Å². The molecule has 2 aromatic carbocycles. The Morgan fingerprint density at radius 1 is 1.21 bits per heavy atom. The minimum Gasteiger partial charge on any atom is -0.484 e. The minimum absolute atomic E-state index is 0.00109. The van der Waals surface area contributed by atoms with Crippen LogP contribution in [0, 0.1) is 11.2 Å². The van der Waals surface area contributed by atoms with Crippen LogP contribution in [0.25, 0.3) is 0 Å². The van der Waals surface area contributed by atoms with Crippen molar-refractivity contribution < 1.29 is 27.9 Å². The van der Waals surface area contributed by atoms with E-state index in [0.29, 0.717) is 30.8 Å². The summed E-state index contributed by atoms with van der Waals surface area (Å²) in [5.74, 6) is 0.147. The second kappa shape index (κ2) is 11.2. The highest BCUT2D eigenvalue weighted by atomic mass is 19.1. The number of rotatable bonds is 7. The maximum atomic E-state index is 14.3. The Bertz CT molecular complexity index is 1340. The van der Waals surface area contributed by atoms with Crippen molar-refractivity contribution in [3.05, 3.63) is 82.8 Å². The van der Waals surface area contributed by atoms with E-state index < -0.39 is 11.5 Å². The summed E-state index contributed by atoms with van der Waals surface area (Å²) in [5.41, 5.74) is 2.27. The van der Waals surface area contributed by atoms with Gasteiger partial charge in [0.05, 0.1) is 12.1 Å². The van der Waals surface area contributed by atoms with Crippen LogP contribution in [-0.2, 0) is 22.6 Å². The zero-order valence-electron chi connectivity index (χ0n) is 22.5. The van der Waals surface area contributed by atoms with Gasteiger partial charge in [0, 0.05) is 25.1 Å². The summed E-state index contributed by atoms with van der Waals surface area (Å²) >= 11 is 0. The highest BCUT2D eigenvalue weighted by Gasteiger charge is 2.37. The Hall–Kier alpha value is -3.72. The van der Waals surface area contributed by atoms with E-state index in [9.17, 15) is 14.0 Å². The van der Waals surface area contributed by atoms with Crippen LogP contribution in [0.5, 0.6) is 5.75 Å². The van der Waals surface area contributed by atoms with E-state index in [1.807, 2.05) is 49.9 Å². The molecule has 0 radical (unpaired) electrons. The number of hydrogen-bond donors (Lipinski definition) is 1. The lowest BCUT2D eigenvalue weighted by Gasteiger charge is -2.41. The van der Waals surface area contributed by atoms with Crippen molar-refractivity contribution in [2.45, 2.75) is 58.8 Å². The minimum atomic E-state index is -0.587. The molecular weight excluding hydrogens is 501 g/mol. The lowest BCUT2D eigenvalue weighted by Crippen LogP contribution is -2.45. The van der Waals surface area contributed by atoms with Crippen molar-refractivity contribution in [3.63, 3.8) is 0 Å². The van der Waals surface area contributed by atoms with E-state index in [-0.39, 0.29) is 41.9 Å². The highest BCUT2D eigenvalue weighted by Crippen LogP contribution is 2.39. The Morgan fingerprint density at radius 2 is 2.05 bits per heavy atom. The first-order chi connectivity index (χ1) is 18.7. The molecule has 0 bridgehead atoms. The van der Waals surface area contributed by atoms with E-state index in [0.717, 1.165) is 30.6 Å². The lowest BCUT2D eigenvalue weighted by atomic mass is 9.85. The van der Waals surface area contributed by atoms with Gasteiger partial charge < -0.3 is 24.1 Å². The standard InChI is InChI=1S/C30H34FN3O5/c1-30(2,3)29(36)34-12-11-19-9-10-22(15-24(19)27(34)20-6-4-7-21(31)14-20)38-18-26-33-25(17-39-26)28(35)32-16-23-8-5-13-37-23/h4,6-7,9-10,14-15,17,23,27H,5,8,11-13,16,18H2,1-3H3,(H,32,35)/t23-,27-/m1/s1. The second-order valence-corrected chi connectivity index (χ2v) is 11.1. The Balaban J connectivity index is 1.32. The third-order valence-electron chi connectivity index (χ3n) is 7.07. The summed E-state index contributed by atoms with van der Waals surface area (Å²) in [7, 11) is 0. The topological polar surface area (TPSA) is 93.9 Å². The number of aromatic nitrogens is 1. The van der Waals surface area contributed by atoms with Gasteiger partial charge in [0.25, 0.3) is 5.91 Å². The zero-order chi connectivity index (χ0) is 27.6. The SMILES string of the molecule is CC(C)(C)C(=O)N1CCc2ccc(OCc3nc(C(=O)NC[C@H]4CCCO4)co3)cc2[C@H]1c1cccc(F)c1. The van der Waals surface area contributed by atoms with Crippen LogP contribution in [-0.4, -0.2) is 47.5 Å². The first-order valence-corrected chi connectivity index (χ1v) is 13.4. The number of nitrogens with one attached hydrogen (secondary N) is 1. The molecule has 0 spiro atoms. The smallest absolute Gasteiger partial charge is 0.273 e. The number of benzene rings is 2. The van der Waals surface area contributed by atoms with Crippen molar-refractivity contribution in [1.29, 1.82) is 0 Å². The third-order valence-corrected chi connectivity index (χ3v) is 7.07. The van der Waals surface area contributed by atoms with E-state index in [1.165, 1.54) is 18.4 Å². The molecule has 0 saturated carbocycles. The molecule has 2 aliphatic heterocycles. The van der Waals surface area contributed by atoms with Gasteiger partial charge in [-0.25, -0.2) is 9.37 Å². The molecule has 3 heterocycles. The summed E-state index contributed by atoms with van der Waals surface area (Å²) in [6.45, 7) is 7.39. The molecule has 5 rings (SSSR count). The number of carbonyl (C=O) groups excluding carboxylic acids is 2. The first kappa shape index (κ1) is 26.9. The fourth-order valence-corrected chi connectivity index (χ4v) is 5.10. The third kappa shape index (κ3) is 6.14. The van der Waals surface area contributed by atoms with Crippen molar-refractivity contribution in [2.24, 2.45) is 5.41 Å². The molecule has 2 atom stereocenters. The molecular formula is C30H34FN3O5. The lowest BCUT2D eigenvalue weighted by molar-refractivity contribution is -0.141. The van der Waals surface area contributed by atoms with Crippen molar-refractivity contribution in [2.75, 3.05) is 19.7 Å². The highest BCUT2D eigenvalue weighted by molar-refractivity contribution is 5.91. The van der Waals surface area contributed by atoms with E-state index >= 15 is 0 Å². The van der Waals surface area contributed by atoms with Gasteiger partial charge in [0.1, 0.15) is 17.8 Å². The Kier molecular flexibility index (Phi) is 7.70. The van der Waals surface area contributed by atoms with Gasteiger partial charge in [-0.15, -0.1) is 0 Å². The molecule has 1 aromatic heterocycles. The molecule has 9 heteroatoms. The molecule has 1 fully saturated rings.